The lowest BCUT2D eigenvalue weighted by molar-refractivity contribution is -0.169. The topological polar surface area (TPSA) is 62.5 Å². The molecule has 1 N–H and O–H groups in total. The van der Waals surface area contributed by atoms with E-state index in [9.17, 15) is 14.7 Å². The number of halogens is 2. The molecule has 2 heterocycles. The van der Waals surface area contributed by atoms with Crippen molar-refractivity contribution in [2.45, 2.75) is 46.3 Å². The van der Waals surface area contributed by atoms with Gasteiger partial charge in [0.15, 0.2) is 0 Å². The number of imide groups is 1. The highest BCUT2D eigenvalue weighted by Crippen LogP contribution is 2.60. The van der Waals surface area contributed by atoms with Gasteiger partial charge in [0.05, 0.1) is 24.6 Å². The lowest BCUT2D eigenvalue weighted by Crippen LogP contribution is -2.60. The van der Waals surface area contributed by atoms with Crippen LogP contribution in [0.25, 0.3) is 21.8 Å². The lowest BCUT2D eigenvalue weighted by Gasteiger charge is -2.48. The Bertz CT molecular complexity index is 1220. The van der Waals surface area contributed by atoms with Crippen molar-refractivity contribution in [1.29, 1.82) is 0 Å². The number of likely N-dealkylation sites (tertiary alicyclic amines) is 1. The molecule has 2 aromatic carbocycles. The number of carbonyl (C=O) groups excluding carboxylic acids is 2. The Balaban J connectivity index is 1.48. The molecule has 2 amide bonds. The average Bonchev–Trinajstić information content (AvgIpc) is 3.12. The molecule has 0 radical (unpaired) electrons. The summed E-state index contributed by atoms with van der Waals surface area (Å²) in [7, 11) is 0. The molecule has 7 heteroatoms. The molecule has 0 spiro atoms. The van der Waals surface area contributed by atoms with Gasteiger partial charge in [0.2, 0.25) is 11.8 Å². The van der Waals surface area contributed by atoms with Gasteiger partial charge in [0.1, 0.15) is 0 Å². The second-order valence-electron chi connectivity index (χ2n) is 9.99. The first-order valence-corrected chi connectivity index (χ1v) is 11.7. The van der Waals surface area contributed by atoms with Crippen LogP contribution in [-0.4, -0.2) is 39.0 Å². The maximum absolute atomic E-state index is 13.3. The molecule has 1 aliphatic heterocycles. The third-order valence-electron chi connectivity index (χ3n) is 8.08. The van der Waals surface area contributed by atoms with E-state index in [1.165, 1.54) is 4.90 Å². The van der Waals surface area contributed by atoms with E-state index in [0.29, 0.717) is 16.5 Å². The Morgan fingerprint density at radius 2 is 1.56 bits per heavy atom. The first-order valence-electron chi connectivity index (χ1n) is 11.0. The van der Waals surface area contributed by atoms with Crippen LogP contribution >= 0.6 is 23.2 Å². The largest absolute Gasteiger partial charge is 0.389 e. The highest BCUT2D eigenvalue weighted by molar-refractivity contribution is 6.33. The summed E-state index contributed by atoms with van der Waals surface area (Å²) in [6.45, 7) is 6.22. The van der Waals surface area contributed by atoms with Crippen LogP contribution in [-0.2, 0) is 16.1 Å². The van der Waals surface area contributed by atoms with Crippen LogP contribution in [0.3, 0.4) is 0 Å². The number of aliphatic hydroxyl groups is 1. The minimum absolute atomic E-state index is 0.0117. The molecule has 2 aliphatic rings. The van der Waals surface area contributed by atoms with Crippen molar-refractivity contribution in [3.63, 3.8) is 0 Å². The van der Waals surface area contributed by atoms with Crippen molar-refractivity contribution in [2.24, 2.45) is 16.7 Å². The van der Waals surface area contributed by atoms with Crippen LogP contribution in [0.4, 0.5) is 0 Å². The fraction of sp³-hybridized carbons (Fsp3) is 0.440. The maximum Gasteiger partial charge on any atom is 0.235 e. The highest BCUT2D eigenvalue weighted by Gasteiger charge is 2.64. The maximum atomic E-state index is 13.3. The molecule has 1 saturated carbocycles. The lowest BCUT2D eigenvalue weighted by atomic mass is 9.62. The quantitative estimate of drug-likeness (QED) is 0.525. The predicted octanol–water partition coefficient (Wildman–Crippen LogP) is 5.27. The molecule has 3 atom stereocenters. The van der Waals surface area contributed by atoms with E-state index in [2.05, 4.69) is 0 Å². The summed E-state index contributed by atoms with van der Waals surface area (Å²) in [6, 6.07) is 11.2. The molecule has 5 rings (SSSR count). The van der Waals surface area contributed by atoms with Crippen LogP contribution in [0.5, 0.6) is 0 Å². The number of nitrogens with zero attached hydrogens (tertiary/aromatic N) is 2. The highest BCUT2D eigenvalue weighted by atomic mass is 35.5. The number of fused-ring (bicyclic) bond motifs is 5. The molecule has 32 heavy (non-hydrogen) atoms. The van der Waals surface area contributed by atoms with E-state index in [1.807, 2.05) is 61.7 Å². The minimum Gasteiger partial charge on any atom is -0.389 e. The van der Waals surface area contributed by atoms with Crippen LogP contribution in [0, 0.1) is 16.7 Å². The number of hydrogen-bond donors (Lipinski definition) is 1. The van der Waals surface area contributed by atoms with Gasteiger partial charge < -0.3 is 9.67 Å². The molecule has 168 valence electrons. The smallest absolute Gasteiger partial charge is 0.235 e. The van der Waals surface area contributed by atoms with Crippen LogP contribution in [0.1, 0.15) is 33.6 Å². The third kappa shape index (κ3) is 2.94. The van der Waals surface area contributed by atoms with Gasteiger partial charge in [-0.25, -0.2) is 0 Å². The van der Waals surface area contributed by atoms with Gasteiger partial charge in [0, 0.05) is 37.8 Å². The van der Waals surface area contributed by atoms with Gasteiger partial charge in [0.25, 0.3) is 0 Å². The zero-order valence-electron chi connectivity index (χ0n) is 18.4. The van der Waals surface area contributed by atoms with Crippen molar-refractivity contribution in [2.75, 3.05) is 6.54 Å². The van der Waals surface area contributed by atoms with Gasteiger partial charge in [-0.05, 0) is 54.7 Å². The van der Waals surface area contributed by atoms with Gasteiger partial charge in [-0.15, -0.1) is 0 Å². The van der Waals surface area contributed by atoms with Gasteiger partial charge in [-0.1, -0.05) is 44.0 Å². The Morgan fingerprint density at radius 3 is 2.12 bits per heavy atom. The van der Waals surface area contributed by atoms with Crippen molar-refractivity contribution in [3.8, 4) is 0 Å². The summed E-state index contributed by atoms with van der Waals surface area (Å²) in [5.41, 5.74) is 0.880. The first-order chi connectivity index (χ1) is 15.0. The summed E-state index contributed by atoms with van der Waals surface area (Å²) in [4.78, 5) is 27.8. The number of amides is 2. The zero-order chi connectivity index (χ0) is 23.0. The second-order valence-corrected chi connectivity index (χ2v) is 10.9. The van der Waals surface area contributed by atoms with Crippen LogP contribution in [0.2, 0.25) is 10.0 Å². The summed E-state index contributed by atoms with van der Waals surface area (Å²) in [6.07, 6.45) is 0.517. The van der Waals surface area contributed by atoms with E-state index < -0.39 is 11.5 Å². The third-order valence-corrected chi connectivity index (χ3v) is 8.55. The number of rotatable bonds is 4. The zero-order valence-corrected chi connectivity index (χ0v) is 19.9. The van der Waals surface area contributed by atoms with E-state index in [1.54, 1.807) is 0 Å². The number of benzene rings is 2. The number of β-amino-alcohol motifs (C(OH)–C–C–N with tert-alkyl or cyclic N) is 1. The minimum atomic E-state index is -0.905. The average molecular weight is 473 g/mol. The molecule has 2 bridgehead atoms. The van der Waals surface area contributed by atoms with Crippen molar-refractivity contribution >= 4 is 56.8 Å². The number of aromatic nitrogens is 1. The van der Waals surface area contributed by atoms with E-state index in [-0.39, 0.29) is 36.2 Å². The number of carbonyl (C=O) groups is 2. The van der Waals surface area contributed by atoms with Gasteiger partial charge in [-0.3, -0.25) is 14.5 Å². The standard InChI is InChI=1S/C25H26Cl2N2O3/c1-24(2)19-8-9-25(24,3)23(32)29(22(19)31)13-16(30)12-28-20-6-4-14(26)10-17(20)18-11-15(27)5-7-21(18)28/h4-7,10-11,16,19,30H,8-9,12-13H2,1-3H3/t16-,19+,25+/m1/s1. The number of hydrogen-bond acceptors (Lipinski definition) is 3. The second kappa shape index (κ2) is 7.21. The van der Waals surface area contributed by atoms with Crippen LogP contribution in [0.15, 0.2) is 36.4 Å². The van der Waals surface area contributed by atoms with Crippen molar-refractivity contribution in [3.05, 3.63) is 46.4 Å². The molecular weight excluding hydrogens is 447 g/mol. The van der Waals surface area contributed by atoms with Crippen molar-refractivity contribution < 1.29 is 14.7 Å². The molecule has 5 nitrogen and oxygen atoms in total. The molecule has 1 saturated heterocycles. The first kappa shape index (κ1) is 21.7. The van der Waals surface area contributed by atoms with E-state index in [0.717, 1.165) is 28.2 Å². The fourth-order valence-electron chi connectivity index (χ4n) is 5.80. The predicted molar refractivity (Wildman–Crippen MR) is 127 cm³/mol. The molecule has 3 aromatic rings. The van der Waals surface area contributed by atoms with Gasteiger partial charge >= 0.3 is 0 Å². The molecule has 2 fully saturated rings. The number of aliphatic hydroxyl groups excluding tert-OH is 1. The number of piperidine rings is 1. The molecule has 1 aromatic heterocycles. The normalized spacial score (nSPS) is 25.8. The van der Waals surface area contributed by atoms with E-state index >= 15 is 0 Å². The monoisotopic (exact) mass is 472 g/mol. The van der Waals surface area contributed by atoms with E-state index in [4.69, 9.17) is 23.2 Å². The van der Waals surface area contributed by atoms with Crippen LogP contribution < -0.4 is 0 Å². The summed E-state index contributed by atoms with van der Waals surface area (Å²) in [5, 5.41) is 14.1. The summed E-state index contributed by atoms with van der Waals surface area (Å²) >= 11 is 12.5. The Labute approximate surface area is 196 Å². The summed E-state index contributed by atoms with van der Waals surface area (Å²) < 4.78 is 2.00. The molecule has 0 unspecified atom stereocenters. The van der Waals surface area contributed by atoms with Gasteiger partial charge in [-0.2, -0.15) is 0 Å². The summed E-state index contributed by atoms with van der Waals surface area (Å²) in [5.74, 6) is -0.509. The Kier molecular flexibility index (Phi) is 4.90. The van der Waals surface area contributed by atoms with Crippen molar-refractivity contribution in [1.82, 2.24) is 9.47 Å². The Hall–Kier alpha value is -2.08. The molecular formula is C25H26Cl2N2O3. The Morgan fingerprint density at radius 1 is 1.00 bits per heavy atom. The SMILES string of the molecule is CC1(C)[C@H]2CC[C@@]1(C)C(=O)N(C[C@H](O)Cn1c3ccc(Cl)cc3c3cc(Cl)ccc31)C2=O. The fourth-order valence-corrected chi connectivity index (χ4v) is 6.14. The molecule has 1 aliphatic carbocycles.